The van der Waals surface area contributed by atoms with Gasteiger partial charge in [0.15, 0.2) is 0 Å². The summed E-state index contributed by atoms with van der Waals surface area (Å²) in [5, 5.41) is 7.09. The Morgan fingerprint density at radius 2 is 1.53 bits per heavy atom. The molecule has 2 aromatic heterocycles. The van der Waals surface area contributed by atoms with Crippen molar-refractivity contribution in [2.75, 3.05) is 23.6 Å². The number of anilines is 2. The maximum absolute atomic E-state index is 12.9. The number of thioether (sulfide) groups is 1. The molecule has 0 spiro atoms. The molecule has 0 saturated carbocycles. The number of carbonyl (C=O) groups excluding carboxylic acids is 1. The molecule has 264 valence electrons. The second-order valence-electron chi connectivity index (χ2n) is 11.3. The summed E-state index contributed by atoms with van der Waals surface area (Å²) in [6, 6.07) is 23.5. The highest BCUT2D eigenvalue weighted by Crippen LogP contribution is 2.39. The molecule has 5 aromatic rings. The predicted molar refractivity (Wildman–Crippen MR) is 214 cm³/mol. The lowest BCUT2D eigenvalue weighted by Crippen LogP contribution is -2.27. The number of aryl methyl sites for hydroxylation is 2. The number of ether oxygens (including phenoxy) is 2. The van der Waals surface area contributed by atoms with Crippen LogP contribution >= 0.6 is 21.0 Å². The maximum atomic E-state index is 12.9. The van der Waals surface area contributed by atoms with Gasteiger partial charge >= 0.3 is 6.09 Å². The Bertz CT molecular complexity index is 1840. The summed E-state index contributed by atoms with van der Waals surface area (Å²) >= 11 is 1.66. The molecular formula is C39H53N4O4PS. The van der Waals surface area contributed by atoms with E-state index in [1.807, 2.05) is 152 Å². The number of hydrogen-bond donors (Lipinski definition) is 2. The van der Waals surface area contributed by atoms with Crippen molar-refractivity contribution in [1.82, 2.24) is 9.13 Å². The fraction of sp³-hybridized carbons (Fsp3) is 0.333. The molecule has 0 aliphatic rings. The van der Waals surface area contributed by atoms with Crippen molar-refractivity contribution < 1.29 is 14.3 Å². The third-order valence-electron chi connectivity index (χ3n) is 6.84. The second-order valence-corrected chi connectivity index (χ2v) is 12.2. The monoisotopic (exact) mass is 704 g/mol. The Hall–Kier alpha value is -4.20. The van der Waals surface area contributed by atoms with Gasteiger partial charge in [0.05, 0.1) is 0 Å². The zero-order valence-corrected chi connectivity index (χ0v) is 32.8. The van der Waals surface area contributed by atoms with Gasteiger partial charge in [-0.2, -0.15) is 0 Å². The molecule has 2 heterocycles. The van der Waals surface area contributed by atoms with E-state index >= 15 is 0 Å². The largest absolute Gasteiger partial charge is 0.457 e. The molecule has 0 radical (unpaired) electrons. The summed E-state index contributed by atoms with van der Waals surface area (Å²) in [6.45, 7) is 16.0. The Morgan fingerprint density at radius 3 is 2.16 bits per heavy atom. The lowest BCUT2D eigenvalue weighted by atomic mass is 10.0. The molecule has 2 N–H and O–H groups in total. The zero-order valence-electron chi connectivity index (χ0n) is 30.8. The van der Waals surface area contributed by atoms with E-state index in [0.29, 0.717) is 29.2 Å². The molecular weight excluding hydrogens is 651 g/mol. The summed E-state index contributed by atoms with van der Waals surface area (Å²) in [6.07, 6.45) is 5.35. The van der Waals surface area contributed by atoms with Gasteiger partial charge in [-0.3, -0.25) is 10.1 Å². The fourth-order valence-electron chi connectivity index (χ4n) is 4.78. The van der Waals surface area contributed by atoms with Crippen molar-refractivity contribution in [2.45, 2.75) is 65.5 Å². The summed E-state index contributed by atoms with van der Waals surface area (Å²) in [7, 11) is 6.08. The quantitative estimate of drug-likeness (QED) is 0.124. The number of hydrogen-bond acceptors (Lipinski definition) is 6. The molecule has 49 heavy (non-hydrogen) atoms. The first-order valence-electron chi connectivity index (χ1n) is 16.5. The van der Waals surface area contributed by atoms with Crippen LogP contribution in [-0.4, -0.2) is 33.7 Å². The minimum atomic E-state index is -0.554. The van der Waals surface area contributed by atoms with Crippen LogP contribution in [0.4, 0.5) is 16.2 Å². The molecule has 10 heteroatoms. The Morgan fingerprint density at radius 1 is 0.857 bits per heavy atom. The van der Waals surface area contributed by atoms with Gasteiger partial charge in [0.25, 0.3) is 5.56 Å². The van der Waals surface area contributed by atoms with Crippen LogP contribution in [0.5, 0.6) is 11.5 Å². The molecule has 1 unspecified atom stereocenters. The molecule has 0 fully saturated rings. The van der Waals surface area contributed by atoms with E-state index < -0.39 is 11.7 Å². The Balaban J connectivity index is 0.00000132. The molecule has 5 rings (SSSR count). The van der Waals surface area contributed by atoms with Gasteiger partial charge < -0.3 is 23.9 Å². The van der Waals surface area contributed by atoms with Crippen molar-refractivity contribution in [3.05, 3.63) is 101 Å². The van der Waals surface area contributed by atoms with Gasteiger partial charge in [-0.15, -0.1) is 21.0 Å². The first-order valence-corrected chi connectivity index (χ1v) is 18.9. The van der Waals surface area contributed by atoms with Crippen LogP contribution < -0.4 is 20.9 Å². The van der Waals surface area contributed by atoms with E-state index in [-0.39, 0.29) is 5.56 Å². The van der Waals surface area contributed by atoms with Crippen molar-refractivity contribution in [2.24, 2.45) is 14.1 Å². The van der Waals surface area contributed by atoms with Crippen molar-refractivity contribution in [3.8, 4) is 22.6 Å². The number of amides is 1. The Kier molecular flexibility index (Phi) is 16.5. The molecule has 0 bridgehead atoms. The number of pyridine rings is 1. The third-order valence-corrected chi connectivity index (χ3v) is 7.57. The van der Waals surface area contributed by atoms with Crippen molar-refractivity contribution in [1.29, 1.82) is 0 Å². The van der Waals surface area contributed by atoms with E-state index in [2.05, 4.69) is 25.9 Å². The lowest BCUT2D eigenvalue weighted by molar-refractivity contribution is 0.0636. The molecule has 0 aliphatic heterocycles. The Labute approximate surface area is 298 Å². The number of rotatable bonds is 8. The molecule has 1 atom stereocenters. The predicted octanol–water partition coefficient (Wildman–Crippen LogP) is 10.6. The van der Waals surface area contributed by atoms with E-state index in [4.69, 9.17) is 9.47 Å². The van der Waals surface area contributed by atoms with Crippen LogP contribution in [0, 0.1) is 0 Å². The highest BCUT2D eigenvalue weighted by Gasteiger charge is 2.18. The molecule has 0 saturated heterocycles. The molecule has 3 aromatic carbocycles. The number of nitrogens with zero attached hydrogens (tertiary/aromatic N) is 2. The molecule has 1 amide bonds. The van der Waals surface area contributed by atoms with Crippen LogP contribution in [0.25, 0.3) is 22.0 Å². The average molecular weight is 705 g/mol. The van der Waals surface area contributed by atoms with Crippen LogP contribution in [0.15, 0.2) is 94.9 Å². The molecule has 8 nitrogen and oxygen atoms in total. The van der Waals surface area contributed by atoms with Gasteiger partial charge in [-0.25, -0.2) is 4.79 Å². The van der Waals surface area contributed by atoms with E-state index in [9.17, 15) is 9.59 Å². The third kappa shape index (κ3) is 11.4. The minimum absolute atomic E-state index is 0.0394. The summed E-state index contributed by atoms with van der Waals surface area (Å²) in [5.41, 5.74) is 4.54. The first kappa shape index (κ1) is 41.0. The summed E-state index contributed by atoms with van der Waals surface area (Å²) < 4.78 is 15.3. The van der Waals surface area contributed by atoms with Crippen LogP contribution in [-0.2, 0) is 25.4 Å². The highest BCUT2D eigenvalue weighted by atomic mass is 32.2. The van der Waals surface area contributed by atoms with Gasteiger partial charge in [0, 0.05) is 71.9 Å². The number of carbonyl (C=O) groups is 1. The van der Waals surface area contributed by atoms with Crippen molar-refractivity contribution >= 4 is 49.4 Å². The first-order chi connectivity index (χ1) is 23.5. The fourth-order valence-corrected chi connectivity index (χ4v) is 5.22. The SMILES string of the molecule is CC.CC.CP.CSc1ccc(Oc2cccc(NCc3ccc(NC(=O)OC(C)(C)C)cc3)c2)c(-c2cn(C)c(=O)c3c2ccn3C)c1. The van der Waals surface area contributed by atoms with E-state index in [1.54, 1.807) is 23.4 Å². The maximum Gasteiger partial charge on any atom is 0.412 e. The van der Waals surface area contributed by atoms with Gasteiger partial charge in [0.2, 0.25) is 0 Å². The number of nitrogens with one attached hydrogen (secondary N) is 2. The number of benzene rings is 3. The van der Waals surface area contributed by atoms with Crippen LogP contribution in [0.1, 0.15) is 54.0 Å². The lowest BCUT2D eigenvalue weighted by Gasteiger charge is -2.19. The minimum Gasteiger partial charge on any atom is -0.457 e. The zero-order chi connectivity index (χ0) is 36.7. The number of aromatic nitrogens is 2. The second kappa shape index (κ2) is 19.7. The van der Waals surface area contributed by atoms with Gasteiger partial charge in [-0.05, 0) is 81.1 Å². The number of fused-ring (bicyclic) bond motifs is 1. The summed E-state index contributed by atoms with van der Waals surface area (Å²) in [4.78, 5) is 26.0. The van der Waals surface area contributed by atoms with E-state index in [0.717, 1.165) is 32.7 Å². The summed E-state index contributed by atoms with van der Waals surface area (Å²) in [5.74, 6) is 1.39. The van der Waals surface area contributed by atoms with Gasteiger partial charge in [-0.1, -0.05) is 52.6 Å². The van der Waals surface area contributed by atoms with E-state index in [1.165, 1.54) is 0 Å². The molecule has 0 aliphatic carbocycles. The van der Waals surface area contributed by atoms with Gasteiger partial charge in [0.1, 0.15) is 22.6 Å². The van der Waals surface area contributed by atoms with Crippen LogP contribution in [0.2, 0.25) is 0 Å². The highest BCUT2D eigenvalue weighted by molar-refractivity contribution is 7.98. The van der Waals surface area contributed by atoms with Crippen molar-refractivity contribution in [3.63, 3.8) is 0 Å². The normalized spacial score (nSPS) is 10.4. The standard InChI is InChI=1S/C34H36N4O4S.2C2H6.CH5P/c1-34(2,3)42-33(40)36-23-12-10-22(11-13-23)20-35-24-8-7-9-25(18-24)41-30-15-14-26(43-6)19-28(30)29-21-38(5)32(39)31-27(29)16-17-37(31)4;3*1-2/h7-19,21,35H,20H2,1-6H3,(H,36,40);2*1-2H3;2H2,1H3. The van der Waals surface area contributed by atoms with Crippen LogP contribution in [0.3, 0.4) is 0 Å². The topological polar surface area (TPSA) is 86.5 Å². The smallest absolute Gasteiger partial charge is 0.412 e. The average Bonchev–Trinajstić information content (AvgIpc) is 3.49.